The predicted octanol–water partition coefficient (Wildman–Crippen LogP) is 3.39. The van der Waals surface area contributed by atoms with Gasteiger partial charge in [0.2, 0.25) is 11.8 Å². The molecule has 0 saturated carbocycles. The van der Waals surface area contributed by atoms with Crippen LogP contribution in [0.1, 0.15) is 51.7 Å². The molecule has 10 nitrogen and oxygen atoms in total. The lowest BCUT2D eigenvalue weighted by Gasteiger charge is -2.07. The summed E-state index contributed by atoms with van der Waals surface area (Å²) in [7, 11) is 1.83. The molecule has 0 atom stereocenters. The molecule has 0 aliphatic rings. The Hall–Kier alpha value is -3.60. The van der Waals surface area contributed by atoms with E-state index in [9.17, 15) is 14.4 Å². The maximum atomic E-state index is 12.6. The standard InChI is InChI=1S/C23H26N4O6S/c1-5-31-21(29)18-14(3)33-20(19(18)22(30)32-6-2)24-17(28)13-34-23-26-25-16(27(23)4)12-15-10-8-7-9-11-15/h7-11H,5-6,12-13H2,1-4H3,(H,24,28). The van der Waals surface area contributed by atoms with Crippen molar-refractivity contribution in [1.29, 1.82) is 0 Å². The summed E-state index contributed by atoms with van der Waals surface area (Å²) >= 11 is 1.18. The van der Waals surface area contributed by atoms with Gasteiger partial charge in [0.05, 0.1) is 19.0 Å². The molecule has 2 aromatic heterocycles. The van der Waals surface area contributed by atoms with Crippen molar-refractivity contribution >= 4 is 35.5 Å². The molecular formula is C23H26N4O6S. The lowest BCUT2D eigenvalue weighted by molar-refractivity contribution is -0.113. The van der Waals surface area contributed by atoms with Crippen LogP contribution in [0.25, 0.3) is 0 Å². The van der Waals surface area contributed by atoms with Crippen LogP contribution in [0.2, 0.25) is 0 Å². The van der Waals surface area contributed by atoms with Crippen molar-refractivity contribution in [3.05, 3.63) is 58.6 Å². The summed E-state index contributed by atoms with van der Waals surface area (Å²) in [4.78, 5) is 37.5. The second-order valence-electron chi connectivity index (χ2n) is 7.14. The minimum Gasteiger partial charge on any atom is -0.462 e. The molecule has 0 fully saturated rings. The van der Waals surface area contributed by atoms with Crippen LogP contribution in [0, 0.1) is 6.92 Å². The van der Waals surface area contributed by atoms with Gasteiger partial charge in [0.25, 0.3) is 0 Å². The molecule has 3 rings (SSSR count). The largest absolute Gasteiger partial charge is 0.462 e. The van der Waals surface area contributed by atoms with Gasteiger partial charge in [-0.2, -0.15) is 0 Å². The second kappa shape index (κ2) is 11.5. The molecule has 1 amide bonds. The summed E-state index contributed by atoms with van der Waals surface area (Å²) in [6.07, 6.45) is 0.613. The number of esters is 2. The van der Waals surface area contributed by atoms with E-state index in [0.717, 1.165) is 11.4 Å². The number of ether oxygens (including phenoxy) is 2. The Balaban J connectivity index is 1.71. The summed E-state index contributed by atoms with van der Waals surface area (Å²) in [5.74, 6) is -1.24. The molecule has 0 aliphatic carbocycles. The third kappa shape index (κ3) is 5.84. The number of rotatable bonds is 10. The van der Waals surface area contributed by atoms with Crippen molar-refractivity contribution in [2.24, 2.45) is 7.05 Å². The van der Waals surface area contributed by atoms with Crippen LogP contribution >= 0.6 is 11.8 Å². The van der Waals surface area contributed by atoms with Gasteiger partial charge < -0.3 is 18.5 Å². The third-order valence-corrected chi connectivity index (χ3v) is 5.78. The average molecular weight is 487 g/mol. The number of nitrogens with one attached hydrogen (secondary N) is 1. The number of thioether (sulfide) groups is 1. The zero-order valence-electron chi connectivity index (χ0n) is 19.4. The van der Waals surface area contributed by atoms with Gasteiger partial charge in [-0.05, 0) is 26.3 Å². The zero-order chi connectivity index (χ0) is 24.7. The van der Waals surface area contributed by atoms with E-state index in [0.29, 0.717) is 11.6 Å². The molecule has 0 saturated heterocycles. The molecule has 0 spiro atoms. The predicted molar refractivity (Wildman–Crippen MR) is 125 cm³/mol. The number of aromatic nitrogens is 3. The van der Waals surface area contributed by atoms with E-state index in [1.54, 1.807) is 13.8 Å². The highest BCUT2D eigenvalue weighted by Gasteiger charge is 2.31. The van der Waals surface area contributed by atoms with Crippen molar-refractivity contribution in [3.8, 4) is 0 Å². The third-order valence-electron chi connectivity index (χ3n) is 4.76. The van der Waals surface area contributed by atoms with Crippen molar-refractivity contribution in [1.82, 2.24) is 14.8 Å². The van der Waals surface area contributed by atoms with Gasteiger partial charge in [-0.25, -0.2) is 9.59 Å². The molecule has 0 aliphatic heterocycles. The summed E-state index contributed by atoms with van der Waals surface area (Å²) in [5, 5.41) is 11.5. The van der Waals surface area contributed by atoms with Gasteiger partial charge >= 0.3 is 11.9 Å². The smallest absolute Gasteiger partial charge is 0.344 e. The van der Waals surface area contributed by atoms with E-state index >= 15 is 0 Å². The topological polar surface area (TPSA) is 126 Å². The average Bonchev–Trinajstić information content (AvgIpc) is 3.32. The summed E-state index contributed by atoms with van der Waals surface area (Å²) < 4.78 is 17.4. The first-order valence-electron chi connectivity index (χ1n) is 10.7. The Morgan fingerprint density at radius 3 is 2.32 bits per heavy atom. The number of hydrogen-bond acceptors (Lipinski definition) is 9. The molecule has 34 heavy (non-hydrogen) atoms. The fourth-order valence-corrected chi connectivity index (χ4v) is 3.91. The van der Waals surface area contributed by atoms with E-state index in [1.807, 2.05) is 41.9 Å². The molecule has 0 bridgehead atoms. The Morgan fingerprint density at radius 1 is 1.03 bits per heavy atom. The van der Waals surface area contributed by atoms with Crippen LogP contribution in [0.3, 0.4) is 0 Å². The minimum absolute atomic E-state index is 0.0198. The molecule has 180 valence electrons. The molecule has 1 N–H and O–H groups in total. The normalized spacial score (nSPS) is 10.7. The quantitative estimate of drug-likeness (QED) is 0.339. The highest BCUT2D eigenvalue weighted by molar-refractivity contribution is 7.99. The van der Waals surface area contributed by atoms with E-state index < -0.39 is 17.8 Å². The van der Waals surface area contributed by atoms with E-state index in [1.165, 1.54) is 18.7 Å². The Labute approximate surface area is 201 Å². The van der Waals surface area contributed by atoms with Gasteiger partial charge in [-0.3, -0.25) is 10.1 Å². The van der Waals surface area contributed by atoms with Crippen molar-refractivity contribution in [3.63, 3.8) is 0 Å². The maximum absolute atomic E-state index is 12.6. The number of furan rings is 1. The molecule has 3 aromatic rings. The number of amides is 1. The number of hydrogen-bond donors (Lipinski definition) is 1. The van der Waals surface area contributed by atoms with Crippen molar-refractivity contribution < 1.29 is 28.3 Å². The number of aryl methyl sites for hydroxylation is 1. The number of nitrogens with zero attached hydrogens (tertiary/aromatic N) is 3. The SMILES string of the molecule is CCOC(=O)c1c(C)oc(NC(=O)CSc2nnc(Cc3ccccc3)n2C)c1C(=O)OCC. The van der Waals surface area contributed by atoms with Crippen LogP contribution in [0.5, 0.6) is 0 Å². The minimum atomic E-state index is -0.788. The second-order valence-corrected chi connectivity index (χ2v) is 8.08. The summed E-state index contributed by atoms with van der Waals surface area (Å²) in [5.41, 5.74) is 0.867. The van der Waals surface area contributed by atoms with E-state index in [2.05, 4.69) is 15.5 Å². The summed E-state index contributed by atoms with van der Waals surface area (Å²) in [6, 6.07) is 9.88. The molecule has 2 heterocycles. The molecule has 0 unspecified atom stereocenters. The number of carbonyl (C=O) groups is 3. The molecular weight excluding hydrogens is 460 g/mol. The zero-order valence-corrected chi connectivity index (χ0v) is 20.2. The Morgan fingerprint density at radius 2 is 1.68 bits per heavy atom. The molecule has 11 heteroatoms. The van der Waals surface area contributed by atoms with Gasteiger partial charge in [-0.15, -0.1) is 10.2 Å². The molecule has 1 aromatic carbocycles. The van der Waals surface area contributed by atoms with Crippen LogP contribution in [0.4, 0.5) is 5.88 Å². The van der Waals surface area contributed by atoms with Gasteiger partial charge in [0, 0.05) is 13.5 Å². The first kappa shape index (κ1) is 25.0. The maximum Gasteiger partial charge on any atom is 0.344 e. The lowest BCUT2D eigenvalue weighted by atomic mass is 10.1. The Bertz CT molecular complexity index is 1170. The highest BCUT2D eigenvalue weighted by Crippen LogP contribution is 2.29. The van der Waals surface area contributed by atoms with E-state index in [-0.39, 0.29) is 41.7 Å². The fourth-order valence-electron chi connectivity index (χ4n) is 3.18. The van der Waals surface area contributed by atoms with Gasteiger partial charge in [0.15, 0.2) is 5.16 Å². The molecule has 0 radical (unpaired) electrons. The monoisotopic (exact) mass is 486 g/mol. The fraction of sp³-hybridized carbons (Fsp3) is 0.348. The van der Waals surface area contributed by atoms with Gasteiger partial charge in [0.1, 0.15) is 22.7 Å². The van der Waals surface area contributed by atoms with Crippen LogP contribution in [0.15, 0.2) is 39.9 Å². The summed E-state index contributed by atoms with van der Waals surface area (Å²) in [6.45, 7) is 5.00. The Kier molecular flexibility index (Phi) is 8.47. The van der Waals surface area contributed by atoms with Crippen LogP contribution in [-0.2, 0) is 27.7 Å². The highest BCUT2D eigenvalue weighted by atomic mass is 32.2. The first-order valence-corrected chi connectivity index (χ1v) is 11.7. The lowest BCUT2D eigenvalue weighted by Crippen LogP contribution is -2.18. The van der Waals surface area contributed by atoms with E-state index in [4.69, 9.17) is 13.9 Å². The first-order chi connectivity index (χ1) is 16.3. The number of carbonyl (C=O) groups excluding carboxylic acids is 3. The van der Waals surface area contributed by atoms with Crippen LogP contribution in [-0.4, -0.2) is 51.6 Å². The number of benzene rings is 1. The van der Waals surface area contributed by atoms with Crippen molar-refractivity contribution in [2.75, 3.05) is 24.3 Å². The van der Waals surface area contributed by atoms with Crippen LogP contribution < -0.4 is 5.32 Å². The van der Waals surface area contributed by atoms with Gasteiger partial charge in [-0.1, -0.05) is 42.1 Å². The van der Waals surface area contributed by atoms with Crippen molar-refractivity contribution in [2.45, 2.75) is 32.3 Å². The number of anilines is 1.